The Morgan fingerprint density at radius 1 is 1.14 bits per heavy atom. The molecule has 1 atom stereocenters. The van der Waals surface area contributed by atoms with Crippen molar-refractivity contribution >= 4 is 46.1 Å². The number of nitrogens with one attached hydrogen (secondary N) is 1. The smallest absolute Gasteiger partial charge is 0.335 e. The van der Waals surface area contributed by atoms with Gasteiger partial charge in [0.1, 0.15) is 5.25 Å². The fourth-order valence-corrected chi connectivity index (χ4v) is 3.94. The number of amidine groups is 1. The average Bonchev–Trinajstić information content (AvgIpc) is 2.96. The Morgan fingerprint density at radius 2 is 1.79 bits per heavy atom. The predicted octanol–water partition coefficient (Wildman–Crippen LogP) is 3.54. The maximum absolute atomic E-state index is 12.5. The van der Waals surface area contributed by atoms with Crippen LogP contribution in [-0.4, -0.2) is 45.3 Å². The quantitative estimate of drug-likeness (QED) is 0.758. The van der Waals surface area contributed by atoms with Crippen molar-refractivity contribution in [3.8, 4) is 0 Å². The molecule has 1 saturated heterocycles. The molecule has 0 aliphatic carbocycles. The number of thioether (sulfide) groups is 1. The van der Waals surface area contributed by atoms with E-state index < -0.39 is 11.2 Å². The second-order valence-corrected chi connectivity index (χ2v) is 7.72. The molecule has 7 nitrogen and oxygen atoms in total. The van der Waals surface area contributed by atoms with Gasteiger partial charge in [0.2, 0.25) is 11.8 Å². The van der Waals surface area contributed by atoms with Crippen LogP contribution in [-0.2, 0) is 16.0 Å². The van der Waals surface area contributed by atoms with Crippen molar-refractivity contribution in [2.24, 2.45) is 4.99 Å². The van der Waals surface area contributed by atoms with Gasteiger partial charge in [0.15, 0.2) is 5.17 Å². The van der Waals surface area contributed by atoms with Crippen molar-refractivity contribution in [1.82, 2.24) is 4.90 Å². The maximum Gasteiger partial charge on any atom is 0.335 e. The molecule has 0 saturated carbocycles. The van der Waals surface area contributed by atoms with Gasteiger partial charge in [0.25, 0.3) is 0 Å². The summed E-state index contributed by atoms with van der Waals surface area (Å²) in [5.41, 5.74) is 2.59. The molecule has 0 aromatic heterocycles. The summed E-state index contributed by atoms with van der Waals surface area (Å²) in [6.45, 7) is 2.08. The number of amides is 2. The molecule has 1 heterocycles. The first-order valence-corrected chi connectivity index (χ1v) is 10.0. The van der Waals surface area contributed by atoms with Crippen LogP contribution in [0.4, 0.5) is 11.4 Å². The van der Waals surface area contributed by atoms with E-state index in [1.807, 2.05) is 24.3 Å². The van der Waals surface area contributed by atoms with Crippen molar-refractivity contribution in [3.05, 3.63) is 59.7 Å². The number of carboxylic acid groups (broad SMARTS) is 1. The van der Waals surface area contributed by atoms with E-state index in [0.717, 1.165) is 12.1 Å². The monoisotopic (exact) mass is 411 g/mol. The van der Waals surface area contributed by atoms with E-state index in [-0.39, 0.29) is 23.8 Å². The Labute approximate surface area is 172 Å². The Hall–Kier alpha value is -3.13. The third kappa shape index (κ3) is 5.03. The molecule has 3 rings (SSSR count). The van der Waals surface area contributed by atoms with Crippen molar-refractivity contribution in [3.63, 3.8) is 0 Å². The van der Waals surface area contributed by atoms with Gasteiger partial charge in [-0.1, -0.05) is 30.8 Å². The average molecular weight is 411 g/mol. The first-order chi connectivity index (χ1) is 13.9. The van der Waals surface area contributed by atoms with Gasteiger partial charge in [-0.25, -0.2) is 9.79 Å². The molecule has 1 fully saturated rings. The van der Waals surface area contributed by atoms with Crippen LogP contribution in [0, 0.1) is 0 Å². The van der Waals surface area contributed by atoms with Crippen LogP contribution < -0.4 is 5.32 Å². The number of carbonyl (C=O) groups excluding carboxylic acids is 2. The van der Waals surface area contributed by atoms with Gasteiger partial charge >= 0.3 is 5.97 Å². The minimum absolute atomic E-state index is 0.00230. The van der Waals surface area contributed by atoms with Gasteiger partial charge in [-0.2, -0.15) is 0 Å². The van der Waals surface area contributed by atoms with Crippen LogP contribution in [0.1, 0.15) is 29.3 Å². The summed E-state index contributed by atoms with van der Waals surface area (Å²) in [7, 11) is 1.65. The van der Waals surface area contributed by atoms with Crippen LogP contribution in [0.15, 0.2) is 53.5 Å². The van der Waals surface area contributed by atoms with Crippen molar-refractivity contribution in [2.75, 3.05) is 12.4 Å². The number of nitrogens with zero attached hydrogens (tertiary/aromatic N) is 2. The van der Waals surface area contributed by atoms with Crippen molar-refractivity contribution in [1.29, 1.82) is 0 Å². The molecular formula is C21H21N3O4S. The summed E-state index contributed by atoms with van der Waals surface area (Å²) < 4.78 is 0. The molecule has 2 aromatic carbocycles. The molecule has 0 radical (unpaired) electrons. The number of aliphatic imine (C=N–C) groups is 1. The highest BCUT2D eigenvalue weighted by atomic mass is 32.2. The molecule has 0 bridgehead atoms. The van der Waals surface area contributed by atoms with Crippen LogP contribution in [0.25, 0.3) is 0 Å². The topological polar surface area (TPSA) is 99.1 Å². The zero-order chi connectivity index (χ0) is 21.0. The van der Waals surface area contributed by atoms with E-state index >= 15 is 0 Å². The van der Waals surface area contributed by atoms with E-state index in [0.29, 0.717) is 10.9 Å². The second kappa shape index (κ2) is 8.91. The lowest BCUT2D eigenvalue weighted by Crippen LogP contribution is -2.30. The number of aryl methyl sites for hydroxylation is 1. The molecule has 8 heteroatoms. The summed E-state index contributed by atoms with van der Waals surface area (Å²) in [4.78, 5) is 41.7. The molecule has 0 spiro atoms. The lowest BCUT2D eigenvalue weighted by molar-refractivity contribution is -0.127. The van der Waals surface area contributed by atoms with Crippen LogP contribution in [0.3, 0.4) is 0 Å². The number of rotatable bonds is 6. The van der Waals surface area contributed by atoms with E-state index in [4.69, 9.17) is 5.11 Å². The Bertz CT molecular complexity index is 955. The lowest BCUT2D eigenvalue weighted by Gasteiger charge is -2.09. The van der Waals surface area contributed by atoms with Gasteiger partial charge in [-0.05, 0) is 48.4 Å². The van der Waals surface area contributed by atoms with E-state index in [9.17, 15) is 14.4 Å². The van der Waals surface area contributed by atoms with Crippen molar-refractivity contribution < 1.29 is 19.5 Å². The third-order valence-electron chi connectivity index (χ3n) is 4.50. The first kappa shape index (κ1) is 20.6. The number of carbonyl (C=O) groups is 3. The molecule has 0 unspecified atom stereocenters. The van der Waals surface area contributed by atoms with Gasteiger partial charge in [0.05, 0.1) is 11.3 Å². The number of carboxylic acids is 1. The summed E-state index contributed by atoms with van der Waals surface area (Å²) in [6, 6.07) is 13.7. The third-order valence-corrected chi connectivity index (χ3v) is 5.73. The van der Waals surface area contributed by atoms with Crippen LogP contribution in [0.5, 0.6) is 0 Å². The molecule has 2 amide bonds. The summed E-state index contributed by atoms with van der Waals surface area (Å²) in [6.07, 6.45) is 0.947. The molecule has 2 aromatic rings. The number of aromatic carboxylic acids is 1. The summed E-state index contributed by atoms with van der Waals surface area (Å²) >= 11 is 1.26. The Kier molecular flexibility index (Phi) is 6.33. The SMILES string of the molecule is CCc1ccc(N=C2S[C@H](CC(=O)Nc3ccc(C(=O)O)cc3)C(=O)N2C)cc1. The van der Waals surface area contributed by atoms with Gasteiger partial charge in [-0.15, -0.1) is 0 Å². The lowest BCUT2D eigenvalue weighted by atomic mass is 10.2. The number of anilines is 1. The molecule has 150 valence electrons. The minimum atomic E-state index is -1.03. The van der Waals surface area contributed by atoms with E-state index in [2.05, 4.69) is 17.2 Å². The highest BCUT2D eigenvalue weighted by Gasteiger charge is 2.37. The zero-order valence-electron chi connectivity index (χ0n) is 16.1. The van der Waals surface area contributed by atoms with Gasteiger partial charge < -0.3 is 10.4 Å². The zero-order valence-corrected chi connectivity index (χ0v) is 16.9. The Morgan fingerprint density at radius 3 is 2.38 bits per heavy atom. The summed E-state index contributed by atoms with van der Waals surface area (Å²) in [5, 5.41) is 11.6. The Balaban J connectivity index is 1.63. The summed E-state index contributed by atoms with van der Waals surface area (Å²) in [5.74, 6) is -1.52. The first-order valence-electron chi connectivity index (χ1n) is 9.12. The maximum atomic E-state index is 12.5. The highest BCUT2D eigenvalue weighted by Crippen LogP contribution is 2.31. The standard InChI is InChI=1S/C21H21N3O4S/c1-3-13-4-8-16(9-5-13)23-21-24(2)19(26)17(29-21)12-18(25)22-15-10-6-14(7-11-15)20(27)28/h4-11,17H,3,12H2,1-2H3,(H,22,25)(H,27,28)/t17-/m1/s1. The highest BCUT2D eigenvalue weighted by molar-refractivity contribution is 8.15. The predicted molar refractivity (Wildman–Crippen MR) is 114 cm³/mol. The minimum Gasteiger partial charge on any atom is -0.478 e. The number of hydrogen-bond acceptors (Lipinski definition) is 5. The van der Waals surface area contributed by atoms with Gasteiger partial charge in [0, 0.05) is 19.2 Å². The largest absolute Gasteiger partial charge is 0.478 e. The molecular weight excluding hydrogens is 390 g/mol. The fraction of sp³-hybridized carbons (Fsp3) is 0.238. The fourth-order valence-electron chi connectivity index (χ4n) is 2.79. The van der Waals surface area contributed by atoms with Crippen LogP contribution >= 0.6 is 11.8 Å². The van der Waals surface area contributed by atoms with Gasteiger partial charge in [-0.3, -0.25) is 14.5 Å². The van der Waals surface area contributed by atoms with Crippen LogP contribution in [0.2, 0.25) is 0 Å². The normalized spacial score (nSPS) is 17.6. The van der Waals surface area contributed by atoms with E-state index in [1.165, 1.54) is 46.5 Å². The number of hydrogen-bond donors (Lipinski definition) is 2. The molecule has 1 aliphatic rings. The molecule has 2 N–H and O–H groups in total. The van der Waals surface area contributed by atoms with E-state index in [1.54, 1.807) is 7.05 Å². The molecule has 1 aliphatic heterocycles. The van der Waals surface area contributed by atoms with Crippen molar-refractivity contribution in [2.45, 2.75) is 25.0 Å². The molecule has 29 heavy (non-hydrogen) atoms. The number of benzene rings is 2. The second-order valence-electron chi connectivity index (χ2n) is 6.55.